The lowest BCUT2D eigenvalue weighted by atomic mass is 9.82. The average Bonchev–Trinajstić information content (AvgIpc) is 3.08. The molecule has 0 radical (unpaired) electrons. The van der Waals surface area contributed by atoms with Crippen molar-refractivity contribution in [2.24, 2.45) is 23.7 Å². The summed E-state index contributed by atoms with van der Waals surface area (Å²) in [5.74, 6) is -1.66. The maximum atomic E-state index is 12.7. The molecule has 2 bridgehead atoms. The van der Waals surface area contributed by atoms with E-state index in [4.69, 9.17) is 5.11 Å². The molecule has 2 fully saturated rings. The van der Waals surface area contributed by atoms with Crippen molar-refractivity contribution < 1.29 is 19.8 Å². The molecule has 0 aromatic heterocycles. The van der Waals surface area contributed by atoms with Crippen molar-refractivity contribution >= 4 is 11.9 Å². The summed E-state index contributed by atoms with van der Waals surface area (Å²) in [4.78, 5) is 28.1. The van der Waals surface area contributed by atoms with E-state index < -0.39 is 11.9 Å². The Morgan fingerprint density at radius 1 is 1.05 bits per heavy atom. The van der Waals surface area contributed by atoms with Crippen LogP contribution in [0.3, 0.4) is 0 Å². The lowest BCUT2D eigenvalue weighted by Gasteiger charge is -2.37. The summed E-state index contributed by atoms with van der Waals surface area (Å²) in [5.41, 5.74) is 0. The van der Waals surface area contributed by atoms with Gasteiger partial charge in [-0.3, -0.25) is 14.5 Å². The molecule has 1 amide bonds. The van der Waals surface area contributed by atoms with Crippen molar-refractivity contribution in [3.63, 3.8) is 0 Å². The highest BCUT2D eigenvalue weighted by molar-refractivity contribution is 5.87. The summed E-state index contributed by atoms with van der Waals surface area (Å²) < 4.78 is 0. The maximum Gasteiger partial charge on any atom is 0.307 e. The highest BCUT2D eigenvalue weighted by atomic mass is 16.4. The van der Waals surface area contributed by atoms with Crippen molar-refractivity contribution in [2.75, 3.05) is 39.3 Å². The number of carboxylic acids is 1. The van der Waals surface area contributed by atoms with E-state index in [9.17, 15) is 14.7 Å². The van der Waals surface area contributed by atoms with Crippen LogP contribution in [-0.2, 0) is 9.59 Å². The second-order valence-corrected chi connectivity index (χ2v) is 6.23. The number of hydrogen-bond donors (Lipinski definition) is 2. The highest BCUT2D eigenvalue weighted by Gasteiger charge is 2.52. The second kappa shape index (κ2) is 5.77. The molecule has 0 unspecified atom stereocenters. The van der Waals surface area contributed by atoms with E-state index in [0.717, 1.165) is 19.5 Å². The quantitative estimate of drug-likeness (QED) is 0.693. The van der Waals surface area contributed by atoms with Gasteiger partial charge >= 0.3 is 5.97 Å². The smallest absolute Gasteiger partial charge is 0.307 e. The first kappa shape index (κ1) is 14.5. The Morgan fingerprint density at radius 3 is 2.24 bits per heavy atom. The van der Waals surface area contributed by atoms with Crippen LogP contribution >= 0.6 is 0 Å². The fourth-order valence-corrected chi connectivity index (χ4v) is 4.04. The highest BCUT2D eigenvalue weighted by Crippen LogP contribution is 2.48. The number of piperazine rings is 1. The Hall–Kier alpha value is -1.40. The molecule has 1 heterocycles. The third-order valence-corrected chi connectivity index (χ3v) is 5.13. The zero-order valence-corrected chi connectivity index (χ0v) is 12.0. The van der Waals surface area contributed by atoms with Gasteiger partial charge in [0.15, 0.2) is 0 Å². The van der Waals surface area contributed by atoms with Crippen LogP contribution < -0.4 is 0 Å². The van der Waals surface area contributed by atoms with Gasteiger partial charge in [0.05, 0.1) is 18.4 Å². The molecule has 2 N–H and O–H groups in total. The van der Waals surface area contributed by atoms with Crippen LogP contribution in [0.15, 0.2) is 12.2 Å². The number of fused-ring (bicyclic) bond motifs is 2. The van der Waals surface area contributed by atoms with Gasteiger partial charge in [-0.1, -0.05) is 12.2 Å². The second-order valence-electron chi connectivity index (χ2n) is 6.23. The lowest BCUT2D eigenvalue weighted by molar-refractivity contribution is -0.151. The minimum absolute atomic E-state index is 0.00268. The fourth-order valence-electron chi connectivity index (χ4n) is 4.04. The molecule has 6 nitrogen and oxygen atoms in total. The molecule has 0 spiro atoms. The van der Waals surface area contributed by atoms with Gasteiger partial charge in [0, 0.05) is 32.7 Å². The number of allylic oxidation sites excluding steroid dienone is 2. The summed E-state index contributed by atoms with van der Waals surface area (Å²) in [6, 6.07) is 0. The van der Waals surface area contributed by atoms with Crippen LogP contribution in [0.4, 0.5) is 0 Å². The van der Waals surface area contributed by atoms with E-state index in [1.165, 1.54) is 0 Å². The van der Waals surface area contributed by atoms with Crippen LogP contribution in [0.1, 0.15) is 6.42 Å². The first-order valence-electron chi connectivity index (χ1n) is 7.65. The van der Waals surface area contributed by atoms with Gasteiger partial charge in [-0.15, -0.1) is 0 Å². The third kappa shape index (κ3) is 2.58. The Labute approximate surface area is 124 Å². The molecule has 3 aliphatic rings. The van der Waals surface area contributed by atoms with Gasteiger partial charge in [-0.2, -0.15) is 0 Å². The summed E-state index contributed by atoms with van der Waals surface area (Å²) in [6.07, 6.45) is 4.79. The van der Waals surface area contributed by atoms with Crippen molar-refractivity contribution in [1.29, 1.82) is 0 Å². The molecular formula is C15H22N2O4. The Bertz CT molecular complexity index is 457. The Morgan fingerprint density at radius 2 is 1.67 bits per heavy atom. The van der Waals surface area contributed by atoms with E-state index in [1.54, 1.807) is 0 Å². The van der Waals surface area contributed by atoms with Gasteiger partial charge < -0.3 is 15.1 Å². The molecule has 1 saturated heterocycles. The Kier molecular flexibility index (Phi) is 3.99. The van der Waals surface area contributed by atoms with Gasteiger partial charge in [0.2, 0.25) is 5.91 Å². The first-order valence-corrected chi connectivity index (χ1v) is 7.65. The minimum Gasteiger partial charge on any atom is -0.481 e. The summed E-state index contributed by atoms with van der Waals surface area (Å²) in [6.45, 7) is 3.52. The van der Waals surface area contributed by atoms with Crippen LogP contribution in [-0.4, -0.2) is 71.2 Å². The molecule has 0 aromatic rings. The van der Waals surface area contributed by atoms with Crippen molar-refractivity contribution in [3.05, 3.63) is 12.2 Å². The van der Waals surface area contributed by atoms with E-state index in [1.807, 2.05) is 17.1 Å². The average molecular weight is 294 g/mol. The molecule has 1 aliphatic heterocycles. The maximum absolute atomic E-state index is 12.7. The zero-order chi connectivity index (χ0) is 15.0. The van der Waals surface area contributed by atoms with Gasteiger partial charge in [0.25, 0.3) is 0 Å². The number of carboxylic acid groups (broad SMARTS) is 1. The SMILES string of the molecule is O=C(O)[C@H]1[C@H](C(=O)N2CCN(CCO)CC2)[C@H]2C=C[C@H]1C2. The molecule has 6 heteroatoms. The molecule has 0 aromatic carbocycles. The van der Waals surface area contributed by atoms with E-state index in [-0.39, 0.29) is 30.3 Å². The summed E-state index contributed by atoms with van der Waals surface area (Å²) >= 11 is 0. The minimum atomic E-state index is -0.843. The summed E-state index contributed by atoms with van der Waals surface area (Å²) in [7, 11) is 0. The number of carbonyl (C=O) groups is 2. The van der Waals surface area contributed by atoms with E-state index >= 15 is 0 Å². The largest absolute Gasteiger partial charge is 0.481 e. The van der Waals surface area contributed by atoms with Crippen LogP contribution in [0.2, 0.25) is 0 Å². The number of hydrogen-bond acceptors (Lipinski definition) is 4. The number of aliphatic carboxylic acids is 1. The molecule has 21 heavy (non-hydrogen) atoms. The van der Waals surface area contributed by atoms with E-state index in [0.29, 0.717) is 19.6 Å². The van der Waals surface area contributed by atoms with Crippen LogP contribution in [0, 0.1) is 23.7 Å². The van der Waals surface area contributed by atoms with Crippen molar-refractivity contribution in [1.82, 2.24) is 9.80 Å². The van der Waals surface area contributed by atoms with Crippen molar-refractivity contribution in [3.8, 4) is 0 Å². The lowest BCUT2D eigenvalue weighted by Crippen LogP contribution is -2.52. The van der Waals surface area contributed by atoms with Gasteiger partial charge in [0.1, 0.15) is 0 Å². The topological polar surface area (TPSA) is 81.1 Å². The molecule has 3 rings (SSSR count). The standard InChI is InChI=1S/C15H22N2O4/c18-8-7-16-3-5-17(6-4-16)14(19)12-10-1-2-11(9-10)13(12)15(20)21/h1-2,10-13,18H,3-9H2,(H,20,21)/t10-,11-,12+,13+/m0/s1. The number of rotatable bonds is 4. The number of nitrogens with zero attached hydrogens (tertiary/aromatic N) is 2. The molecular weight excluding hydrogens is 272 g/mol. The normalized spacial score (nSPS) is 35.4. The van der Waals surface area contributed by atoms with Crippen molar-refractivity contribution in [2.45, 2.75) is 6.42 Å². The number of carbonyl (C=O) groups excluding carboxylic acids is 1. The van der Waals surface area contributed by atoms with E-state index in [2.05, 4.69) is 4.90 Å². The summed E-state index contributed by atoms with van der Waals surface area (Å²) in [5, 5.41) is 18.4. The van der Waals surface area contributed by atoms with Crippen LogP contribution in [0.5, 0.6) is 0 Å². The number of amides is 1. The molecule has 4 atom stereocenters. The van der Waals surface area contributed by atoms with Crippen LogP contribution in [0.25, 0.3) is 0 Å². The number of aliphatic hydroxyl groups excluding tert-OH is 1. The monoisotopic (exact) mass is 294 g/mol. The predicted octanol–water partition coefficient (Wildman–Crippen LogP) is -0.354. The zero-order valence-electron chi connectivity index (χ0n) is 12.0. The van der Waals surface area contributed by atoms with Gasteiger partial charge in [-0.25, -0.2) is 0 Å². The predicted molar refractivity (Wildman–Crippen MR) is 75.5 cm³/mol. The molecule has 1 saturated carbocycles. The Balaban J connectivity index is 1.66. The fraction of sp³-hybridized carbons (Fsp3) is 0.733. The number of β-amino-alcohol motifs (C(OH)–C–C–N with tert-alkyl or cyclic N) is 1. The first-order chi connectivity index (χ1) is 10.1. The van der Waals surface area contributed by atoms with Gasteiger partial charge in [-0.05, 0) is 18.3 Å². The third-order valence-electron chi connectivity index (χ3n) is 5.13. The number of aliphatic hydroxyl groups is 1. The molecule has 116 valence electrons. The molecule has 2 aliphatic carbocycles.